The second-order valence-electron chi connectivity index (χ2n) is 4.32. The average molecular weight is 237 g/mol. The van der Waals surface area contributed by atoms with Gasteiger partial charge in [0.15, 0.2) is 0 Å². The molecule has 4 N–H and O–H groups in total. The van der Waals surface area contributed by atoms with E-state index in [1.165, 1.54) is 4.90 Å². The fraction of sp³-hybridized carbons (Fsp3) is 0.455. The van der Waals surface area contributed by atoms with Gasteiger partial charge in [-0.05, 0) is 11.6 Å². The van der Waals surface area contributed by atoms with Crippen LogP contribution in [0.2, 0.25) is 0 Å². The van der Waals surface area contributed by atoms with Crippen molar-refractivity contribution < 1.29 is 15.0 Å². The van der Waals surface area contributed by atoms with Crippen LogP contribution in [0.3, 0.4) is 0 Å². The Morgan fingerprint density at radius 1 is 1.71 bits per heavy atom. The highest BCUT2D eigenvalue weighted by molar-refractivity contribution is 5.66. The molecule has 2 rings (SSSR count). The van der Waals surface area contributed by atoms with Gasteiger partial charge in [-0.2, -0.15) is 0 Å². The number of likely N-dealkylation sites (tertiary alicyclic amines) is 1. The molecular weight excluding hydrogens is 222 g/mol. The molecule has 0 spiro atoms. The van der Waals surface area contributed by atoms with Gasteiger partial charge < -0.3 is 20.8 Å². The molecule has 17 heavy (non-hydrogen) atoms. The predicted octanol–water partition coefficient (Wildman–Crippen LogP) is -0.162. The fourth-order valence-electron chi connectivity index (χ4n) is 2.27. The average Bonchev–Trinajstić information content (AvgIpc) is 2.69. The molecule has 1 aromatic heterocycles. The molecule has 1 saturated heterocycles. The number of hydrogen-bond acceptors (Lipinski definition) is 4. The van der Waals surface area contributed by atoms with Crippen LogP contribution in [-0.4, -0.2) is 45.9 Å². The lowest BCUT2D eigenvalue weighted by Gasteiger charge is -2.29. The third-order valence-electron chi connectivity index (χ3n) is 3.31. The number of pyridine rings is 1. The summed E-state index contributed by atoms with van der Waals surface area (Å²) >= 11 is 0. The van der Waals surface area contributed by atoms with Crippen molar-refractivity contribution in [1.29, 1.82) is 0 Å². The van der Waals surface area contributed by atoms with Gasteiger partial charge in [0.1, 0.15) is 0 Å². The second kappa shape index (κ2) is 4.31. The van der Waals surface area contributed by atoms with Crippen molar-refractivity contribution in [3.8, 4) is 0 Å². The van der Waals surface area contributed by atoms with Crippen molar-refractivity contribution in [2.24, 2.45) is 11.7 Å². The number of amides is 1. The maximum absolute atomic E-state index is 11.0. The molecule has 0 aromatic carbocycles. The smallest absolute Gasteiger partial charge is 0.407 e. The van der Waals surface area contributed by atoms with E-state index in [-0.39, 0.29) is 25.6 Å². The molecule has 0 bridgehead atoms. The first kappa shape index (κ1) is 11.8. The van der Waals surface area contributed by atoms with Crippen LogP contribution in [0.15, 0.2) is 24.5 Å². The summed E-state index contributed by atoms with van der Waals surface area (Å²) in [4.78, 5) is 16.2. The largest absolute Gasteiger partial charge is 0.465 e. The van der Waals surface area contributed by atoms with Crippen LogP contribution in [0.4, 0.5) is 4.79 Å². The number of aromatic nitrogens is 1. The van der Waals surface area contributed by atoms with Gasteiger partial charge in [-0.3, -0.25) is 4.98 Å². The molecule has 1 aliphatic rings. The van der Waals surface area contributed by atoms with E-state index in [4.69, 9.17) is 10.8 Å². The molecule has 6 nitrogen and oxygen atoms in total. The van der Waals surface area contributed by atoms with Crippen molar-refractivity contribution in [3.05, 3.63) is 30.1 Å². The Labute approximate surface area is 98.7 Å². The summed E-state index contributed by atoms with van der Waals surface area (Å²) in [5.74, 6) is -0.303. The summed E-state index contributed by atoms with van der Waals surface area (Å²) in [6.07, 6.45) is 2.23. The number of nitrogens with zero attached hydrogens (tertiary/aromatic N) is 2. The number of hydrogen-bond donors (Lipinski definition) is 3. The van der Waals surface area contributed by atoms with Crippen molar-refractivity contribution in [1.82, 2.24) is 9.88 Å². The summed E-state index contributed by atoms with van der Waals surface area (Å²) in [6, 6.07) is 3.56. The van der Waals surface area contributed by atoms with Crippen LogP contribution >= 0.6 is 0 Å². The minimum absolute atomic E-state index is 0.144. The first-order valence-corrected chi connectivity index (χ1v) is 5.36. The van der Waals surface area contributed by atoms with E-state index in [0.29, 0.717) is 0 Å². The standard InChI is InChI=1S/C11H15N3O3/c12-11(8-2-1-3-13-4-8)7-14(10(16)17)5-9(11)6-15/h1-4,9,15H,5-7,12H2,(H,16,17). The van der Waals surface area contributed by atoms with E-state index >= 15 is 0 Å². The zero-order valence-corrected chi connectivity index (χ0v) is 9.28. The Balaban J connectivity index is 2.32. The van der Waals surface area contributed by atoms with Crippen LogP contribution in [0.5, 0.6) is 0 Å². The number of aliphatic hydroxyl groups is 1. The molecule has 0 aliphatic carbocycles. The quantitative estimate of drug-likeness (QED) is 0.663. The number of carboxylic acid groups (broad SMARTS) is 1. The maximum atomic E-state index is 11.0. The molecule has 0 radical (unpaired) electrons. The Morgan fingerprint density at radius 2 is 2.47 bits per heavy atom. The molecule has 2 heterocycles. The predicted molar refractivity (Wildman–Crippen MR) is 60.3 cm³/mol. The number of nitrogens with two attached hydrogens (primary N) is 1. The lowest BCUT2D eigenvalue weighted by molar-refractivity contribution is 0.150. The van der Waals surface area contributed by atoms with Crippen molar-refractivity contribution >= 4 is 6.09 Å². The van der Waals surface area contributed by atoms with Gasteiger partial charge in [0.2, 0.25) is 0 Å². The first-order chi connectivity index (χ1) is 8.08. The van der Waals surface area contributed by atoms with E-state index in [1.54, 1.807) is 24.5 Å². The van der Waals surface area contributed by atoms with Gasteiger partial charge in [0.05, 0.1) is 5.54 Å². The minimum atomic E-state index is -1.01. The molecule has 1 amide bonds. The lowest BCUT2D eigenvalue weighted by Crippen LogP contribution is -2.46. The molecular formula is C11H15N3O3. The molecule has 1 fully saturated rings. The Hall–Kier alpha value is -1.66. The molecule has 0 saturated carbocycles. The monoisotopic (exact) mass is 237 g/mol. The number of rotatable bonds is 2. The van der Waals surface area contributed by atoms with Crippen LogP contribution < -0.4 is 5.73 Å². The van der Waals surface area contributed by atoms with E-state index in [2.05, 4.69) is 4.98 Å². The van der Waals surface area contributed by atoms with Gasteiger partial charge in [-0.15, -0.1) is 0 Å². The molecule has 2 atom stereocenters. The van der Waals surface area contributed by atoms with Crippen LogP contribution in [0, 0.1) is 5.92 Å². The molecule has 1 aliphatic heterocycles. The fourth-order valence-corrected chi connectivity index (χ4v) is 2.27. The third kappa shape index (κ3) is 1.96. The zero-order chi connectivity index (χ0) is 12.5. The molecule has 1 aromatic rings. The van der Waals surface area contributed by atoms with E-state index in [9.17, 15) is 9.90 Å². The van der Waals surface area contributed by atoms with Crippen LogP contribution in [0.1, 0.15) is 5.56 Å². The topological polar surface area (TPSA) is 99.7 Å². The SMILES string of the molecule is NC1(c2cccnc2)CN(C(=O)O)CC1CO. The molecule has 92 valence electrons. The highest BCUT2D eigenvalue weighted by atomic mass is 16.4. The number of carbonyl (C=O) groups is 1. The second-order valence-corrected chi connectivity index (χ2v) is 4.32. The lowest BCUT2D eigenvalue weighted by atomic mass is 9.83. The van der Waals surface area contributed by atoms with Crippen molar-refractivity contribution in [3.63, 3.8) is 0 Å². The van der Waals surface area contributed by atoms with Gasteiger partial charge in [0, 0.05) is 38.0 Å². The van der Waals surface area contributed by atoms with Gasteiger partial charge in [0.25, 0.3) is 0 Å². The number of aliphatic hydroxyl groups excluding tert-OH is 1. The van der Waals surface area contributed by atoms with Gasteiger partial charge in [-0.1, -0.05) is 6.07 Å². The minimum Gasteiger partial charge on any atom is -0.465 e. The van der Waals surface area contributed by atoms with E-state index < -0.39 is 11.6 Å². The zero-order valence-electron chi connectivity index (χ0n) is 9.28. The van der Waals surface area contributed by atoms with Crippen molar-refractivity contribution in [2.75, 3.05) is 19.7 Å². The van der Waals surface area contributed by atoms with Crippen molar-refractivity contribution in [2.45, 2.75) is 5.54 Å². The summed E-state index contributed by atoms with van der Waals surface area (Å²) in [5, 5.41) is 18.3. The molecule has 6 heteroatoms. The Morgan fingerprint density at radius 3 is 3.00 bits per heavy atom. The highest BCUT2D eigenvalue weighted by Gasteiger charge is 2.46. The summed E-state index contributed by atoms with van der Waals surface area (Å²) < 4.78 is 0. The van der Waals surface area contributed by atoms with Gasteiger partial charge in [-0.25, -0.2) is 4.79 Å². The van der Waals surface area contributed by atoms with Crippen LogP contribution in [0.25, 0.3) is 0 Å². The first-order valence-electron chi connectivity index (χ1n) is 5.36. The third-order valence-corrected chi connectivity index (χ3v) is 3.31. The van der Waals surface area contributed by atoms with E-state index in [1.807, 2.05) is 0 Å². The Bertz CT molecular complexity index is 412. The van der Waals surface area contributed by atoms with E-state index in [0.717, 1.165) is 5.56 Å². The van der Waals surface area contributed by atoms with Gasteiger partial charge >= 0.3 is 6.09 Å². The summed E-state index contributed by atoms with van der Waals surface area (Å²) in [5.41, 5.74) is 6.15. The Kier molecular flexibility index (Phi) is 2.99. The maximum Gasteiger partial charge on any atom is 0.407 e. The molecule has 2 unspecified atom stereocenters. The summed E-state index contributed by atoms with van der Waals surface area (Å²) in [7, 11) is 0. The van der Waals surface area contributed by atoms with Crippen LogP contribution in [-0.2, 0) is 5.54 Å². The summed E-state index contributed by atoms with van der Waals surface area (Å²) in [6.45, 7) is 0.283. The highest BCUT2D eigenvalue weighted by Crippen LogP contribution is 2.34. The normalized spacial score (nSPS) is 28.4.